The van der Waals surface area contributed by atoms with Crippen LogP contribution in [0.25, 0.3) is 0 Å². The first-order chi connectivity index (χ1) is 2.64. The molecule has 0 heterocycles. The molecular weight excluding hydrogens is 143 g/mol. The first-order valence-corrected chi connectivity index (χ1v) is 2.32. The molecule has 0 amide bonds. The second kappa shape index (κ2) is 5.39. The predicted octanol–water partition coefficient (Wildman–Crippen LogP) is -3.15. The molecule has 0 aromatic rings. The molecule has 3 nitrogen and oxygen atoms in total. The normalized spacial score (nSPS) is 7.71. The molecule has 0 aromatic carbocycles. The monoisotopic (exact) mass is 146 g/mol. The van der Waals surface area contributed by atoms with Gasteiger partial charge in [0.15, 0.2) is 0 Å². The Balaban J connectivity index is 0. The van der Waals surface area contributed by atoms with E-state index in [0.717, 1.165) is 6.92 Å². The van der Waals surface area contributed by atoms with Gasteiger partial charge in [-0.25, -0.2) is 0 Å². The van der Waals surface area contributed by atoms with E-state index >= 15 is 0 Å². The van der Waals surface area contributed by atoms with Gasteiger partial charge in [-0.2, -0.15) is 0 Å². The van der Waals surface area contributed by atoms with E-state index in [1.165, 1.54) is 0 Å². The third-order valence-electron chi connectivity index (χ3n) is 0.235. The zero-order valence-electron chi connectivity index (χ0n) is 4.13. The van der Waals surface area contributed by atoms with E-state index in [2.05, 4.69) is 0 Å². The van der Waals surface area contributed by atoms with Gasteiger partial charge in [0.2, 0.25) is 0 Å². The summed E-state index contributed by atoms with van der Waals surface area (Å²) in [7, 11) is -2.51. The van der Waals surface area contributed by atoms with Crippen LogP contribution in [0.5, 0.6) is 0 Å². The van der Waals surface area contributed by atoms with Crippen LogP contribution < -0.4 is 51.4 Å². The predicted molar refractivity (Wildman–Crippen MR) is 19.4 cm³/mol. The van der Waals surface area contributed by atoms with Gasteiger partial charge in [-0.05, 0) is 17.6 Å². The average Bonchev–Trinajstić information content (AvgIpc) is 1.36. The van der Waals surface area contributed by atoms with Crippen LogP contribution in [0, 0.1) is 0 Å². The fourth-order valence-electron chi connectivity index (χ4n) is 0. The smallest absolute Gasteiger partial charge is 0.417 e. The van der Waals surface area contributed by atoms with Crippen molar-refractivity contribution in [2.75, 3.05) is 0 Å². The summed E-state index contributed by atoms with van der Waals surface area (Å²) in [6.45, 7) is 0.989. The molecule has 0 radical (unpaired) electrons. The summed E-state index contributed by atoms with van der Waals surface area (Å²) >= 11 is 0. The number of carbonyl (C=O) groups excluding carboxylic acids is 1. The minimum Gasteiger partial charge on any atom is -0.417 e. The van der Waals surface area contributed by atoms with E-state index < -0.39 is 15.8 Å². The molecule has 0 N–H and O–H groups in total. The summed E-state index contributed by atoms with van der Waals surface area (Å²) in [5.41, 5.74) is 0. The van der Waals surface area contributed by atoms with Crippen LogP contribution in [0.15, 0.2) is 0 Å². The minimum absolute atomic E-state index is 0. The Hall–Kier alpha value is 1.26. The van der Waals surface area contributed by atoms with E-state index in [9.17, 15) is 13.2 Å². The van der Waals surface area contributed by atoms with Gasteiger partial charge in [0, 0.05) is 0 Å². The maximum Gasteiger partial charge on any atom is 1.00 e. The van der Waals surface area contributed by atoms with Gasteiger partial charge in [0.05, 0.1) is 5.12 Å². The van der Waals surface area contributed by atoms with Gasteiger partial charge in [-0.1, -0.05) is 0 Å². The Morgan fingerprint density at radius 1 is 1.43 bits per heavy atom. The maximum atomic E-state index is 9.53. The third-order valence-corrected chi connectivity index (χ3v) is 0.704. The second-order valence-electron chi connectivity index (χ2n) is 0.726. The molecule has 0 spiro atoms. The molecule has 7 heavy (non-hydrogen) atoms. The summed E-state index contributed by atoms with van der Waals surface area (Å²) in [4.78, 5) is 9.53. The molecule has 0 bridgehead atoms. The first-order valence-electron chi connectivity index (χ1n) is 1.24. The SMILES string of the molecule is CC(=O)[S-](=O)=O.[K+]. The molecule has 0 fully saturated rings. The number of hydrogen-bond acceptors (Lipinski definition) is 4. The molecule has 5 heteroatoms. The van der Waals surface area contributed by atoms with Crippen molar-refractivity contribution in [2.24, 2.45) is 0 Å². The van der Waals surface area contributed by atoms with Gasteiger partial charge in [0.1, 0.15) is 0 Å². The van der Waals surface area contributed by atoms with Crippen LogP contribution >= 0.6 is 0 Å². The van der Waals surface area contributed by atoms with Crippen LogP contribution in [0.1, 0.15) is 6.92 Å². The Kier molecular flexibility index (Phi) is 8.56. The summed E-state index contributed by atoms with van der Waals surface area (Å²) in [5.74, 6) is 0. The first kappa shape index (κ1) is 11.1. The van der Waals surface area contributed by atoms with Crippen LogP contribution in [0.2, 0.25) is 0 Å². The van der Waals surface area contributed by atoms with E-state index in [0.29, 0.717) is 0 Å². The molecule has 0 aromatic heterocycles. The van der Waals surface area contributed by atoms with Gasteiger partial charge in [0.25, 0.3) is 0 Å². The fourth-order valence-corrected chi connectivity index (χ4v) is 0. The molecule has 36 valence electrons. The van der Waals surface area contributed by atoms with Crippen molar-refractivity contribution in [2.45, 2.75) is 6.92 Å². The van der Waals surface area contributed by atoms with E-state index in [-0.39, 0.29) is 51.4 Å². The fraction of sp³-hybridized carbons (Fsp3) is 0.500. The van der Waals surface area contributed by atoms with Crippen molar-refractivity contribution in [3.63, 3.8) is 0 Å². The minimum atomic E-state index is -2.51. The van der Waals surface area contributed by atoms with Gasteiger partial charge < -0.3 is 13.2 Å². The number of hydrogen-bond donors (Lipinski definition) is 0. The molecule has 0 saturated heterocycles. The Labute approximate surface area is 85.8 Å². The standard InChI is InChI=1S/C2H3O3S.K/c1-2(3)6(4)5;/h1H3;/q-1;+1. The molecular formula is C2H3KO3S. The van der Waals surface area contributed by atoms with Crippen LogP contribution in [0.4, 0.5) is 0 Å². The van der Waals surface area contributed by atoms with Crippen LogP contribution in [0.3, 0.4) is 0 Å². The van der Waals surface area contributed by atoms with Crippen molar-refractivity contribution in [1.82, 2.24) is 0 Å². The Morgan fingerprint density at radius 2 is 1.57 bits per heavy atom. The van der Waals surface area contributed by atoms with E-state index in [4.69, 9.17) is 0 Å². The zero-order chi connectivity index (χ0) is 5.15. The van der Waals surface area contributed by atoms with Crippen molar-refractivity contribution in [3.8, 4) is 0 Å². The average molecular weight is 146 g/mol. The maximum absolute atomic E-state index is 9.53. The molecule has 0 aliphatic carbocycles. The zero-order valence-corrected chi connectivity index (χ0v) is 8.07. The molecule has 0 saturated carbocycles. The summed E-state index contributed by atoms with van der Waals surface area (Å²) in [5, 5.41) is -0.824. The molecule has 0 rings (SSSR count). The van der Waals surface area contributed by atoms with Crippen LogP contribution in [-0.4, -0.2) is 5.12 Å². The Morgan fingerprint density at radius 3 is 1.57 bits per heavy atom. The number of rotatable bonds is 0. The van der Waals surface area contributed by atoms with Gasteiger partial charge in [-0.15, -0.1) is 0 Å². The van der Waals surface area contributed by atoms with Gasteiger partial charge in [-0.3, -0.25) is 0 Å². The van der Waals surface area contributed by atoms with Crippen molar-refractivity contribution in [3.05, 3.63) is 0 Å². The molecule has 0 aliphatic rings. The summed E-state index contributed by atoms with van der Waals surface area (Å²) in [6, 6.07) is 0. The van der Waals surface area contributed by atoms with Crippen molar-refractivity contribution >= 4 is 15.8 Å². The number of carbonyl (C=O) groups is 1. The summed E-state index contributed by atoms with van der Waals surface area (Å²) in [6.07, 6.45) is 0. The van der Waals surface area contributed by atoms with Crippen LogP contribution in [-0.2, 0) is 23.9 Å². The largest absolute Gasteiger partial charge is 1.00 e. The Bertz CT molecular complexity index is 119. The van der Waals surface area contributed by atoms with Crippen molar-refractivity contribution in [1.29, 1.82) is 0 Å². The quantitative estimate of drug-likeness (QED) is 0.268. The second-order valence-corrected chi connectivity index (χ2v) is 1.77. The van der Waals surface area contributed by atoms with Crippen molar-refractivity contribution < 1.29 is 64.6 Å². The summed E-state index contributed by atoms with van der Waals surface area (Å²) < 4.78 is 18.7. The van der Waals surface area contributed by atoms with Gasteiger partial charge >= 0.3 is 51.4 Å². The third kappa shape index (κ3) is 7.26. The molecule has 0 aliphatic heterocycles. The molecule has 0 unspecified atom stereocenters. The molecule has 0 atom stereocenters. The topological polar surface area (TPSA) is 51.2 Å². The van der Waals surface area contributed by atoms with E-state index in [1.807, 2.05) is 0 Å². The van der Waals surface area contributed by atoms with E-state index in [1.54, 1.807) is 0 Å².